The van der Waals surface area contributed by atoms with E-state index in [1.54, 1.807) is 131 Å². The summed E-state index contributed by atoms with van der Waals surface area (Å²) in [5.41, 5.74) is 0. The third kappa shape index (κ3) is 21.1. The van der Waals surface area contributed by atoms with Gasteiger partial charge in [0.25, 0.3) is 11.6 Å². The summed E-state index contributed by atoms with van der Waals surface area (Å²) in [5, 5.41) is 32.3. The Morgan fingerprint density at radius 3 is 1.11 bits per heavy atom. The molecule has 6 heterocycles. The molecule has 2 aromatic rings. The second kappa shape index (κ2) is 26.1. The summed E-state index contributed by atoms with van der Waals surface area (Å²) in [4.78, 5) is 46.7. The van der Waals surface area contributed by atoms with Gasteiger partial charge >= 0.3 is 41.8 Å². The predicted octanol–water partition coefficient (Wildman–Crippen LogP) is 11.0. The smallest absolute Gasteiger partial charge is 0.869 e. The van der Waals surface area contributed by atoms with Crippen molar-refractivity contribution in [2.75, 3.05) is 0 Å². The van der Waals surface area contributed by atoms with E-state index >= 15 is 0 Å². The summed E-state index contributed by atoms with van der Waals surface area (Å²) in [6.07, 6.45) is -10.3. The number of alkyl halides is 12. The van der Waals surface area contributed by atoms with Gasteiger partial charge in [0.05, 0.1) is 29.3 Å². The number of ketones is 2. The number of thioether (sulfide) groups is 8. The van der Waals surface area contributed by atoms with Gasteiger partial charge in [-0.1, -0.05) is 94.1 Å². The van der Waals surface area contributed by atoms with E-state index in [2.05, 4.69) is 62.4 Å². The van der Waals surface area contributed by atoms with Gasteiger partial charge in [0, 0.05) is 47.0 Å². The van der Waals surface area contributed by atoms with Crippen LogP contribution in [0.25, 0.3) is 0 Å². The first-order chi connectivity index (χ1) is 28.9. The fourth-order valence-corrected chi connectivity index (χ4v) is 11.6. The Balaban J connectivity index is 0.000000292. The van der Waals surface area contributed by atoms with Gasteiger partial charge in [-0.25, -0.2) is 20.0 Å². The molecule has 0 unspecified atom stereocenters. The van der Waals surface area contributed by atoms with E-state index in [9.17, 15) is 72.5 Å². The van der Waals surface area contributed by atoms with Crippen molar-refractivity contribution in [2.45, 2.75) is 24.7 Å². The van der Waals surface area contributed by atoms with E-state index in [-0.39, 0.29) is 17.1 Å². The normalized spacial score (nSPS) is 16.8. The quantitative estimate of drug-likeness (QED) is 0.0884. The van der Waals surface area contributed by atoms with Gasteiger partial charge in [0.2, 0.25) is 0 Å². The van der Waals surface area contributed by atoms with Crippen LogP contribution in [-0.2, 0) is 26.7 Å². The van der Waals surface area contributed by atoms with Crippen molar-refractivity contribution in [2.24, 2.45) is 9.98 Å². The number of halogens is 12. The molecule has 337 valence electrons. The Bertz CT molecular complexity index is 2060. The monoisotopic (exact) mass is 1090 g/mol. The second-order valence-electron chi connectivity index (χ2n) is 10.0. The summed E-state index contributed by atoms with van der Waals surface area (Å²) in [7, 11) is 0. The molecule has 10 nitrogen and oxygen atoms in total. The molecular weight excluding hydrogens is 1070 g/mol. The zero-order valence-electron chi connectivity index (χ0n) is 29.7. The zero-order chi connectivity index (χ0) is 46.1. The number of carbonyl (C=O) groups is 2. The van der Waals surface area contributed by atoms with E-state index in [0.29, 0.717) is 11.6 Å². The van der Waals surface area contributed by atoms with Crippen LogP contribution in [0.2, 0.25) is 0 Å². The van der Waals surface area contributed by atoms with Crippen molar-refractivity contribution in [3.8, 4) is 0 Å². The molecule has 0 bridgehead atoms. The SMILES string of the molecule is C1=CSC(=C2SC=C(C=Nc3cnccn3)S2)S1.C1=CSC(=C2SC=C(C=Nc3cnccn3)S2)S1.O=C(/C=C(\[O-])C(F)(F)F)C(F)(F)F.O=C(/C=C(\[O-])C(F)(F)F)C(F)(F)F.[Mn+2]. The molecule has 0 atom stereocenters. The third-order valence-electron chi connectivity index (χ3n) is 5.52. The fraction of sp³-hybridized carbons (Fsp3) is 0.125. The standard InChI is InChI=1S/2C11H7N3S4.2C5H2F6O2.Mn/c2*1-2-13-9(6-12-1)14-5-8-7-17-11(18-8)10-15-3-4-16-10;2*6-4(7,8)2(12)1-3(13)5(9,10)11;/h2*1-7H;2*1,12H;/q;;;;+2/p-2/b;;2*2-1-;. The molecule has 0 N–H and O–H groups in total. The molecule has 1 radical (unpaired) electrons. The van der Waals surface area contributed by atoms with Gasteiger partial charge in [0.1, 0.15) is 0 Å². The van der Waals surface area contributed by atoms with E-state index < -0.39 is 59.9 Å². The average Bonchev–Trinajstić information content (AvgIpc) is 4.05. The number of rotatable bonds is 6. The summed E-state index contributed by atoms with van der Waals surface area (Å²) in [5.74, 6) is -10.0. The van der Waals surface area contributed by atoms with Gasteiger partial charge in [-0.05, 0) is 56.1 Å². The second-order valence-corrected chi connectivity index (χ2v) is 18.7. The van der Waals surface area contributed by atoms with Gasteiger partial charge < -0.3 is 10.2 Å². The van der Waals surface area contributed by atoms with Crippen molar-refractivity contribution in [3.05, 3.63) is 120 Å². The average molecular weight is 1090 g/mol. The molecule has 31 heteroatoms. The number of carbonyl (C=O) groups excluding carboxylic acids is 2. The van der Waals surface area contributed by atoms with Crippen LogP contribution < -0.4 is 10.2 Å². The number of allylic oxidation sites excluding steroid dienone is 6. The first kappa shape index (κ1) is 56.0. The number of nitrogens with zero attached hydrogens (tertiary/aromatic N) is 6. The van der Waals surface area contributed by atoms with Crippen molar-refractivity contribution < 1.29 is 89.6 Å². The molecule has 63 heavy (non-hydrogen) atoms. The summed E-state index contributed by atoms with van der Waals surface area (Å²) < 4.78 is 141. The first-order valence-corrected chi connectivity index (χ1v) is 22.1. The maximum atomic E-state index is 11.3. The number of hydrogen-bond acceptors (Lipinski definition) is 18. The van der Waals surface area contributed by atoms with Crippen LogP contribution >= 0.6 is 94.1 Å². The van der Waals surface area contributed by atoms with Crippen LogP contribution in [0.3, 0.4) is 0 Å². The number of aromatic nitrogens is 4. The van der Waals surface area contributed by atoms with Crippen LogP contribution in [0.1, 0.15) is 0 Å². The molecule has 0 aromatic carbocycles. The van der Waals surface area contributed by atoms with E-state index in [0.717, 1.165) is 9.81 Å². The molecule has 0 fully saturated rings. The first-order valence-electron chi connectivity index (χ1n) is 15.2. The molecule has 0 spiro atoms. The Hall–Kier alpha value is -3.16. The molecule has 4 aliphatic heterocycles. The van der Waals surface area contributed by atoms with E-state index in [1.165, 1.54) is 16.9 Å². The fourth-order valence-electron chi connectivity index (χ4n) is 2.97. The third-order valence-corrected chi connectivity index (χ3v) is 15.5. The Kier molecular flexibility index (Phi) is 23.2. The minimum absolute atomic E-state index is 0. The molecule has 2 aromatic heterocycles. The number of hydrogen-bond donors (Lipinski definition) is 0. The molecule has 0 amide bonds. The van der Waals surface area contributed by atoms with Crippen LogP contribution in [0.5, 0.6) is 0 Å². The van der Waals surface area contributed by atoms with Gasteiger partial charge in [-0.2, -0.15) is 52.7 Å². The Labute approximate surface area is 391 Å². The molecule has 0 aliphatic carbocycles. The molecule has 4 aliphatic rings. The Morgan fingerprint density at radius 1 is 0.508 bits per heavy atom. The minimum Gasteiger partial charge on any atom is -0.869 e. The van der Waals surface area contributed by atoms with Crippen LogP contribution in [-0.4, -0.2) is 68.6 Å². The largest absolute Gasteiger partial charge is 2.00 e. The van der Waals surface area contributed by atoms with Gasteiger partial charge in [0.15, 0.2) is 11.6 Å². The summed E-state index contributed by atoms with van der Waals surface area (Å²) in [6.45, 7) is 0. The maximum absolute atomic E-state index is 11.3. The topological polar surface area (TPSA) is 157 Å². The van der Waals surface area contributed by atoms with Crippen molar-refractivity contribution in [1.82, 2.24) is 19.9 Å². The van der Waals surface area contributed by atoms with E-state index in [1.807, 2.05) is 12.4 Å². The number of aliphatic imine (C=N–C) groups is 2. The molecular formula is C32H16F12MnN6O4S8. The van der Waals surface area contributed by atoms with Crippen molar-refractivity contribution >= 4 is 130 Å². The van der Waals surface area contributed by atoms with Crippen LogP contribution in [0.15, 0.2) is 130 Å². The van der Waals surface area contributed by atoms with E-state index in [4.69, 9.17) is 0 Å². The predicted molar refractivity (Wildman–Crippen MR) is 220 cm³/mol. The van der Waals surface area contributed by atoms with Crippen molar-refractivity contribution in [3.63, 3.8) is 0 Å². The molecule has 0 saturated heterocycles. The summed E-state index contributed by atoms with van der Waals surface area (Å²) in [6, 6.07) is 0. The van der Waals surface area contributed by atoms with Gasteiger partial charge in [-0.15, -0.1) is 0 Å². The minimum atomic E-state index is -5.46. The van der Waals surface area contributed by atoms with Gasteiger partial charge in [-0.3, -0.25) is 19.6 Å². The van der Waals surface area contributed by atoms with Crippen LogP contribution in [0.4, 0.5) is 64.3 Å². The van der Waals surface area contributed by atoms with Crippen molar-refractivity contribution in [1.29, 1.82) is 0 Å². The maximum Gasteiger partial charge on any atom is 2.00 e. The molecule has 0 saturated carbocycles. The molecule has 6 rings (SSSR count). The summed E-state index contributed by atoms with van der Waals surface area (Å²) >= 11 is 14.1. The van der Waals surface area contributed by atoms with Crippen LogP contribution in [0, 0.1) is 0 Å². The zero-order valence-corrected chi connectivity index (χ0v) is 37.4. The Morgan fingerprint density at radius 2 is 0.841 bits per heavy atom.